The Morgan fingerprint density at radius 1 is 1.42 bits per heavy atom. The minimum atomic E-state index is -1.03. The number of rotatable bonds is 3. The van der Waals surface area contributed by atoms with E-state index in [1.165, 1.54) is 16.7 Å². The molecule has 1 N–H and O–H groups in total. The van der Waals surface area contributed by atoms with E-state index in [2.05, 4.69) is 0 Å². The first-order chi connectivity index (χ1) is 9.15. The summed E-state index contributed by atoms with van der Waals surface area (Å²) in [5, 5.41) is 9.15. The predicted octanol–water partition coefficient (Wildman–Crippen LogP) is 1.33. The van der Waals surface area contributed by atoms with Crippen LogP contribution in [0.15, 0.2) is 29.2 Å². The van der Waals surface area contributed by atoms with Crippen LogP contribution in [0.2, 0.25) is 0 Å². The molecule has 1 heterocycles. The lowest BCUT2D eigenvalue weighted by atomic mass is 10.1. The van der Waals surface area contributed by atoms with Gasteiger partial charge in [-0.25, -0.2) is 4.79 Å². The van der Waals surface area contributed by atoms with Crippen molar-refractivity contribution in [2.75, 3.05) is 26.0 Å². The van der Waals surface area contributed by atoms with Gasteiger partial charge in [0.25, 0.3) is 5.91 Å². The molecule has 6 heteroatoms. The van der Waals surface area contributed by atoms with Crippen molar-refractivity contribution in [3.05, 3.63) is 29.8 Å². The van der Waals surface area contributed by atoms with Crippen LogP contribution in [0.5, 0.6) is 0 Å². The number of amides is 1. The molecule has 0 bridgehead atoms. The third-order valence-corrected chi connectivity index (χ3v) is 3.81. The minimum Gasteiger partial charge on any atom is -0.480 e. The van der Waals surface area contributed by atoms with Crippen molar-refractivity contribution in [3.63, 3.8) is 0 Å². The zero-order valence-electron chi connectivity index (χ0n) is 10.5. The number of benzene rings is 1. The van der Waals surface area contributed by atoms with Crippen molar-refractivity contribution in [1.82, 2.24) is 4.90 Å². The maximum absolute atomic E-state index is 12.5. The highest BCUT2D eigenvalue weighted by atomic mass is 32.2. The molecule has 0 aromatic heterocycles. The van der Waals surface area contributed by atoms with E-state index in [9.17, 15) is 9.59 Å². The second kappa shape index (κ2) is 6.08. The van der Waals surface area contributed by atoms with Gasteiger partial charge in [0.15, 0.2) is 6.04 Å². The summed E-state index contributed by atoms with van der Waals surface area (Å²) in [6, 6.07) is 6.31. The molecule has 0 spiro atoms. The average molecular weight is 281 g/mol. The number of carbonyl (C=O) groups excluding carboxylic acids is 1. The van der Waals surface area contributed by atoms with Gasteiger partial charge in [0.2, 0.25) is 0 Å². The third-order valence-electron chi connectivity index (χ3n) is 3.01. The molecule has 5 nitrogen and oxygen atoms in total. The molecule has 1 aliphatic rings. The Morgan fingerprint density at radius 2 is 2.16 bits per heavy atom. The summed E-state index contributed by atoms with van der Waals surface area (Å²) in [6.07, 6.45) is 1.89. The van der Waals surface area contributed by atoms with E-state index in [1.807, 2.05) is 18.4 Å². The van der Waals surface area contributed by atoms with Gasteiger partial charge >= 0.3 is 5.97 Å². The second-order valence-corrected chi connectivity index (χ2v) is 4.98. The molecule has 1 aromatic rings. The van der Waals surface area contributed by atoms with Crippen molar-refractivity contribution in [2.45, 2.75) is 10.9 Å². The lowest BCUT2D eigenvalue weighted by molar-refractivity contribution is -0.147. The topological polar surface area (TPSA) is 66.8 Å². The molecule has 1 saturated heterocycles. The van der Waals surface area contributed by atoms with Crippen LogP contribution in [-0.4, -0.2) is 53.9 Å². The first-order valence-corrected chi connectivity index (χ1v) is 7.12. The van der Waals surface area contributed by atoms with Crippen molar-refractivity contribution in [2.24, 2.45) is 0 Å². The Bertz CT molecular complexity index is 491. The largest absolute Gasteiger partial charge is 0.480 e. The monoisotopic (exact) mass is 281 g/mol. The van der Waals surface area contributed by atoms with Crippen molar-refractivity contribution in [3.8, 4) is 0 Å². The summed E-state index contributed by atoms with van der Waals surface area (Å²) in [6.45, 7) is 0.720. The molecule has 1 aliphatic heterocycles. The van der Waals surface area contributed by atoms with Gasteiger partial charge in [0.1, 0.15) is 0 Å². The lowest BCUT2D eigenvalue weighted by Crippen LogP contribution is -2.52. The maximum atomic E-state index is 12.5. The van der Waals surface area contributed by atoms with Gasteiger partial charge in [-0.05, 0) is 18.4 Å². The zero-order valence-corrected chi connectivity index (χ0v) is 11.4. The van der Waals surface area contributed by atoms with Crippen molar-refractivity contribution >= 4 is 23.6 Å². The van der Waals surface area contributed by atoms with Crippen LogP contribution in [0.25, 0.3) is 0 Å². The maximum Gasteiger partial charge on any atom is 0.328 e. The summed E-state index contributed by atoms with van der Waals surface area (Å²) in [7, 11) is 0. The summed E-state index contributed by atoms with van der Waals surface area (Å²) in [5.74, 6) is -1.28. The zero-order chi connectivity index (χ0) is 13.8. The van der Waals surface area contributed by atoms with Crippen LogP contribution in [0.4, 0.5) is 0 Å². The third kappa shape index (κ3) is 2.90. The normalized spacial score (nSPS) is 19.2. The Balaban J connectivity index is 2.29. The Morgan fingerprint density at radius 3 is 2.84 bits per heavy atom. The molecule has 1 amide bonds. The number of aliphatic carboxylic acids is 1. The Kier molecular flexibility index (Phi) is 4.44. The number of hydrogen-bond donors (Lipinski definition) is 1. The lowest BCUT2D eigenvalue weighted by Gasteiger charge is -2.33. The van der Waals surface area contributed by atoms with E-state index >= 15 is 0 Å². The summed E-state index contributed by atoms with van der Waals surface area (Å²) < 4.78 is 5.14. The SMILES string of the molecule is CSc1ccccc1C(=O)N1CCOCC1C(=O)O. The van der Waals surface area contributed by atoms with E-state index in [4.69, 9.17) is 9.84 Å². The van der Waals surface area contributed by atoms with Gasteiger partial charge < -0.3 is 14.7 Å². The molecular weight excluding hydrogens is 266 g/mol. The first kappa shape index (κ1) is 13.9. The second-order valence-electron chi connectivity index (χ2n) is 4.13. The summed E-state index contributed by atoms with van der Waals surface area (Å²) >= 11 is 1.47. The smallest absolute Gasteiger partial charge is 0.328 e. The number of carboxylic acids is 1. The van der Waals surface area contributed by atoms with E-state index in [0.717, 1.165) is 4.90 Å². The number of thioether (sulfide) groups is 1. The van der Waals surface area contributed by atoms with Crippen LogP contribution in [0, 0.1) is 0 Å². The molecule has 0 radical (unpaired) electrons. The van der Waals surface area contributed by atoms with Gasteiger partial charge in [-0.15, -0.1) is 11.8 Å². The standard InChI is InChI=1S/C13H15NO4S/c1-19-11-5-3-2-4-9(11)12(15)14-6-7-18-8-10(14)13(16)17/h2-5,10H,6-8H2,1H3,(H,16,17). The first-order valence-electron chi connectivity index (χ1n) is 5.89. The quantitative estimate of drug-likeness (QED) is 0.847. The molecule has 1 unspecified atom stereocenters. The summed E-state index contributed by atoms with van der Waals surface area (Å²) in [5.41, 5.74) is 0.545. The molecule has 2 rings (SSSR count). The highest BCUT2D eigenvalue weighted by Gasteiger charge is 2.33. The highest BCUT2D eigenvalue weighted by molar-refractivity contribution is 7.98. The van der Waals surface area contributed by atoms with Crippen LogP contribution in [0.3, 0.4) is 0 Å². The fourth-order valence-electron chi connectivity index (χ4n) is 2.03. The highest BCUT2D eigenvalue weighted by Crippen LogP contribution is 2.23. The minimum absolute atomic E-state index is 0.0442. The molecule has 0 saturated carbocycles. The van der Waals surface area contributed by atoms with Gasteiger partial charge in [-0.1, -0.05) is 12.1 Å². The number of hydrogen-bond acceptors (Lipinski definition) is 4. The van der Waals surface area contributed by atoms with E-state index in [0.29, 0.717) is 18.7 Å². The molecule has 19 heavy (non-hydrogen) atoms. The molecule has 1 atom stereocenters. The summed E-state index contributed by atoms with van der Waals surface area (Å²) in [4.78, 5) is 25.9. The number of nitrogens with zero attached hydrogens (tertiary/aromatic N) is 1. The molecule has 102 valence electrons. The fraction of sp³-hybridized carbons (Fsp3) is 0.385. The van der Waals surface area contributed by atoms with Crippen LogP contribution < -0.4 is 0 Å². The van der Waals surface area contributed by atoms with Crippen LogP contribution in [0.1, 0.15) is 10.4 Å². The van der Waals surface area contributed by atoms with Gasteiger partial charge in [0, 0.05) is 11.4 Å². The van der Waals surface area contributed by atoms with Gasteiger partial charge in [-0.3, -0.25) is 4.79 Å². The number of ether oxygens (including phenoxy) is 1. The van der Waals surface area contributed by atoms with Gasteiger partial charge in [-0.2, -0.15) is 0 Å². The number of carbonyl (C=O) groups is 2. The van der Waals surface area contributed by atoms with Gasteiger partial charge in [0.05, 0.1) is 18.8 Å². The average Bonchev–Trinajstić information content (AvgIpc) is 2.46. The van der Waals surface area contributed by atoms with Crippen molar-refractivity contribution < 1.29 is 19.4 Å². The molecule has 0 aliphatic carbocycles. The predicted molar refractivity (Wildman–Crippen MR) is 71.5 cm³/mol. The molecule has 1 fully saturated rings. The van der Waals surface area contributed by atoms with Crippen LogP contribution in [-0.2, 0) is 9.53 Å². The molecular formula is C13H15NO4S. The van der Waals surface area contributed by atoms with E-state index in [1.54, 1.807) is 12.1 Å². The van der Waals surface area contributed by atoms with E-state index in [-0.39, 0.29) is 12.5 Å². The van der Waals surface area contributed by atoms with Crippen LogP contribution >= 0.6 is 11.8 Å². The van der Waals surface area contributed by atoms with Crippen molar-refractivity contribution in [1.29, 1.82) is 0 Å². The fourth-order valence-corrected chi connectivity index (χ4v) is 2.62. The Labute approximate surface area is 115 Å². The van der Waals surface area contributed by atoms with E-state index < -0.39 is 12.0 Å². The number of morpholine rings is 1. The Hall–Kier alpha value is -1.53. The molecule has 1 aromatic carbocycles. The number of carboxylic acid groups (broad SMARTS) is 1.